The number of amides is 3. The van der Waals surface area contributed by atoms with Gasteiger partial charge in [0.15, 0.2) is 0 Å². The van der Waals surface area contributed by atoms with Crippen LogP contribution in [-0.4, -0.2) is 64.1 Å². The van der Waals surface area contributed by atoms with E-state index in [0.29, 0.717) is 31.0 Å². The van der Waals surface area contributed by atoms with Crippen molar-refractivity contribution in [1.29, 1.82) is 0 Å². The third-order valence-electron chi connectivity index (χ3n) is 5.05. The Balaban J connectivity index is 0.000000473. The van der Waals surface area contributed by atoms with Crippen molar-refractivity contribution in [3.05, 3.63) is 54.1 Å². The van der Waals surface area contributed by atoms with Crippen LogP contribution in [0.1, 0.15) is 13.8 Å². The summed E-state index contributed by atoms with van der Waals surface area (Å²) < 4.78 is 37.4. The topological polar surface area (TPSA) is 74.4 Å². The summed E-state index contributed by atoms with van der Waals surface area (Å²) in [5.41, 5.74) is 2.52. The lowest BCUT2D eigenvalue weighted by molar-refractivity contribution is 0.150. The Morgan fingerprint density at radius 2 is 1.66 bits per heavy atom. The molecule has 0 spiro atoms. The van der Waals surface area contributed by atoms with Crippen molar-refractivity contribution in [3.63, 3.8) is 0 Å². The van der Waals surface area contributed by atoms with Crippen LogP contribution >= 0.6 is 12.2 Å². The quantitative estimate of drug-likeness (QED) is 0.597. The van der Waals surface area contributed by atoms with Crippen LogP contribution in [0.4, 0.5) is 35.4 Å². The molecule has 35 heavy (non-hydrogen) atoms. The Hall–Kier alpha value is -3.31. The van der Waals surface area contributed by atoms with Crippen molar-refractivity contribution >= 4 is 46.9 Å². The Bertz CT molecular complexity index is 1010. The highest BCUT2D eigenvalue weighted by molar-refractivity contribution is 7.78. The first kappa shape index (κ1) is 27.9. The molecule has 2 fully saturated rings. The van der Waals surface area contributed by atoms with E-state index >= 15 is 0 Å². The average molecular weight is 509 g/mol. The fraction of sp³-hybridized carbons (Fsp3) is 0.375. The fourth-order valence-corrected chi connectivity index (χ4v) is 3.32. The van der Waals surface area contributed by atoms with Crippen LogP contribution in [0.2, 0.25) is 0 Å². The molecule has 0 bridgehead atoms. The number of carbonyl (C=O) groups is 2. The molecule has 11 heteroatoms. The zero-order valence-corrected chi connectivity index (χ0v) is 21.0. The number of benzene rings is 2. The highest BCUT2D eigenvalue weighted by Gasteiger charge is 2.34. The second-order valence-corrected chi connectivity index (χ2v) is 7.72. The molecule has 0 saturated carbocycles. The highest BCUT2D eigenvalue weighted by Crippen LogP contribution is 2.31. The molecule has 2 aromatic carbocycles. The van der Waals surface area contributed by atoms with Gasteiger partial charge in [0, 0.05) is 39.5 Å². The predicted molar refractivity (Wildman–Crippen MR) is 136 cm³/mol. The minimum Gasteiger partial charge on any atom is -0.444 e. The standard InChI is InChI=1S/C19H17F2N3O3.C3H8O.C2H5NS/c1-12-11-24(19(26)27-12)15-6-7-17(16(21)10-15)23-9-8-22(18(23)25)14-4-2-13(20)3-5-14;1-3-4-2;1-3-2-4/h2-7,10,12H,8-9,11H2,1H3;3H2,1-2H3;2H,1H3,(H,3,4). The van der Waals surface area contributed by atoms with Crippen LogP contribution in [0.15, 0.2) is 42.5 Å². The van der Waals surface area contributed by atoms with Crippen LogP contribution in [0.3, 0.4) is 0 Å². The van der Waals surface area contributed by atoms with E-state index in [-0.39, 0.29) is 17.8 Å². The predicted octanol–water partition coefficient (Wildman–Crippen LogP) is 4.57. The maximum Gasteiger partial charge on any atom is 0.414 e. The molecule has 0 aromatic heterocycles. The van der Waals surface area contributed by atoms with E-state index in [1.165, 1.54) is 56.6 Å². The van der Waals surface area contributed by atoms with Gasteiger partial charge in [-0.05, 0) is 56.3 Å². The molecule has 2 saturated heterocycles. The molecule has 2 heterocycles. The number of anilines is 3. The van der Waals surface area contributed by atoms with Gasteiger partial charge in [0.05, 0.1) is 23.4 Å². The van der Waals surface area contributed by atoms with Crippen LogP contribution < -0.4 is 20.0 Å². The lowest BCUT2D eigenvalue weighted by Crippen LogP contribution is -2.32. The van der Waals surface area contributed by atoms with Crippen molar-refractivity contribution < 1.29 is 27.8 Å². The molecule has 8 nitrogen and oxygen atoms in total. The number of ether oxygens (including phenoxy) is 2. The van der Waals surface area contributed by atoms with Crippen molar-refractivity contribution in [2.75, 3.05) is 55.1 Å². The van der Waals surface area contributed by atoms with Gasteiger partial charge in [-0.15, -0.1) is 0 Å². The molecule has 0 aliphatic carbocycles. The van der Waals surface area contributed by atoms with Gasteiger partial charge in [0.25, 0.3) is 0 Å². The number of rotatable bonds is 5. The van der Waals surface area contributed by atoms with E-state index in [9.17, 15) is 18.4 Å². The number of carbonyl (C=O) groups excluding carboxylic acids is 2. The molecule has 1 N–H and O–H groups in total. The average Bonchev–Trinajstić information content (AvgIpc) is 3.40. The molecular weight excluding hydrogens is 478 g/mol. The van der Waals surface area contributed by atoms with Gasteiger partial charge < -0.3 is 14.8 Å². The molecule has 1 unspecified atom stereocenters. The van der Waals surface area contributed by atoms with Gasteiger partial charge in [-0.1, -0.05) is 12.2 Å². The summed E-state index contributed by atoms with van der Waals surface area (Å²) in [6.07, 6.45) is -0.779. The smallest absolute Gasteiger partial charge is 0.414 e. The van der Waals surface area contributed by atoms with E-state index in [4.69, 9.17) is 4.74 Å². The molecule has 3 amide bonds. The maximum absolute atomic E-state index is 14.7. The number of cyclic esters (lactones) is 1. The number of hydrogen-bond donors (Lipinski definition) is 1. The SMILES string of the molecule is CC1CN(c2ccc(N3CCN(c4ccc(F)cc4)C3=O)c(F)c2)C(=O)O1.CCOC.CNC=S. The Labute approximate surface area is 209 Å². The number of thiocarbonyl (C=S) groups is 1. The van der Waals surface area contributed by atoms with Crippen LogP contribution in [0.25, 0.3) is 0 Å². The molecule has 190 valence electrons. The Morgan fingerprint density at radius 1 is 1.09 bits per heavy atom. The normalized spacial score (nSPS) is 16.7. The number of methoxy groups -OCH3 is 1. The molecule has 2 aromatic rings. The number of hydrogen-bond acceptors (Lipinski definition) is 5. The van der Waals surface area contributed by atoms with Crippen molar-refractivity contribution in [3.8, 4) is 0 Å². The van der Waals surface area contributed by atoms with Crippen LogP contribution in [0, 0.1) is 11.6 Å². The molecule has 0 radical (unpaired) electrons. The van der Waals surface area contributed by atoms with E-state index < -0.39 is 17.7 Å². The number of nitrogens with one attached hydrogen (secondary N) is 1. The summed E-state index contributed by atoms with van der Waals surface area (Å²) in [4.78, 5) is 28.6. The van der Waals surface area contributed by atoms with E-state index in [1.807, 2.05) is 6.92 Å². The lowest BCUT2D eigenvalue weighted by Gasteiger charge is -2.20. The third-order valence-corrected chi connectivity index (χ3v) is 5.29. The molecular formula is C24H30F2N4O4S. The van der Waals surface area contributed by atoms with Gasteiger partial charge in [-0.2, -0.15) is 0 Å². The van der Waals surface area contributed by atoms with E-state index in [1.54, 1.807) is 27.1 Å². The Kier molecular flexibility index (Phi) is 10.8. The first-order valence-electron chi connectivity index (χ1n) is 11.0. The van der Waals surface area contributed by atoms with Crippen LogP contribution in [0.5, 0.6) is 0 Å². The van der Waals surface area contributed by atoms with Crippen molar-refractivity contribution in [2.45, 2.75) is 20.0 Å². The second kappa shape index (κ2) is 13.5. The molecule has 2 aliphatic rings. The van der Waals surface area contributed by atoms with Gasteiger partial charge >= 0.3 is 12.1 Å². The van der Waals surface area contributed by atoms with Crippen molar-refractivity contribution in [2.24, 2.45) is 0 Å². The third kappa shape index (κ3) is 7.33. The van der Waals surface area contributed by atoms with Gasteiger partial charge in [0.2, 0.25) is 0 Å². The zero-order chi connectivity index (χ0) is 26.0. The molecule has 2 aliphatic heterocycles. The number of nitrogens with zero attached hydrogens (tertiary/aromatic N) is 3. The molecule has 1 atom stereocenters. The first-order chi connectivity index (χ1) is 16.8. The summed E-state index contributed by atoms with van der Waals surface area (Å²) in [7, 11) is 3.45. The zero-order valence-electron chi connectivity index (χ0n) is 20.2. The van der Waals surface area contributed by atoms with E-state index in [0.717, 1.165) is 6.61 Å². The van der Waals surface area contributed by atoms with Gasteiger partial charge in [-0.3, -0.25) is 14.7 Å². The second-order valence-electron chi connectivity index (χ2n) is 7.49. The summed E-state index contributed by atoms with van der Waals surface area (Å²) >= 11 is 4.32. The lowest BCUT2D eigenvalue weighted by atomic mass is 10.2. The minimum absolute atomic E-state index is 0.133. The molecule has 4 rings (SSSR count). The fourth-order valence-electron chi connectivity index (χ4n) is 3.32. The maximum atomic E-state index is 14.7. The van der Waals surface area contributed by atoms with E-state index in [2.05, 4.69) is 22.3 Å². The van der Waals surface area contributed by atoms with Gasteiger partial charge in [-0.25, -0.2) is 18.4 Å². The number of urea groups is 1. The monoisotopic (exact) mass is 508 g/mol. The highest BCUT2D eigenvalue weighted by atomic mass is 32.1. The summed E-state index contributed by atoms with van der Waals surface area (Å²) in [6.45, 7) is 5.55. The minimum atomic E-state index is -0.603. The Morgan fingerprint density at radius 3 is 2.14 bits per heavy atom. The summed E-state index contributed by atoms with van der Waals surface area (Å²) in [5.74, 6) is -0.993. The van der Waals surface area contributed by atoms with Gasteiger partial charge in [0.1, 0.15) is 17.7 Å². The number of halogens is 2. The van der Waals surface area contributed by atoms with Crippen molar-refractivity contribution in [1.82, 2.24) is 5.32 Å². The first-order valence-corrected chi connectivity index (χ1v) is 11.5. The largest absolute Gasteiger partial charge is 0.444 e. The summed E-state index contributed by atoms with van der Waals surface area (Å²) in [6, 6.07) is 9.48. The summed E-state index contributed by atoms with van der Waals surface area (Å²) in [5, 5.41) is 2.62. The van der Waals surface area contributed by atoms with Crippen LogP contribution in [-0.2, 0) is 9.47 Å².